The maximum absolute atomic E-state index is 6.18. The van der Waals surface area contributed by atoms with E-state index in [-0.39, 0.29) is 0 Å². The molecule has 2 nitrogen and oxygen atoms in total. The van der Waals surface area contributed by atoms with Gasteiger partial charge in [0.25, 0.3) is 0 Å². The molecule has 0 spiro atoms. The lowest BCUT2D eigenvalue weighted by atomic mass is 10.2. The van der Waals surface area contributed by atoms with Crippen molar-refractivity contribution >= 4 is 60.7 Å². The van der Waals surface area contributed by atoms with Gasteiger partial charge in [-0.2, -0.15) is 0 Å². The maximum Gasteiger partial charge on any atom is 0.138 e. The van der Waals surface area contributed by atoms with E-state index in [1.807, 2.05) is 31.2 Å². The Morgan fingerprint density at radius 1 is 1.19 bits per heavy atom. The van der Waals surface area contributed by atoms with Gasteiger partial charge in [-0.3, -0.25) is 0 Å². The highest BCUT2D eigenvalue weighted by molar-refractivity contribution is 9.11. The zero-order chi connectivity index (χ0) is 15.4. The summed E-state index contributed by atoms with van der Waals surface area (Å²) in [5, 5.41) is 4.33. The number of hydrogen-bond donors (Lipinski definition) is 1. The molecule has 21 heavy (non-hydrogen) atoms. The summed E-state index contributed by atoms with van der Waals surface area (Å²) >= 11 is 19.2. The number of hydrogen-bond acceptors (Lipinski definition) is 2. The Labute approximate surface area is 151 Å². The molecule has 0 aliphatic heterocycles. The molecule has 0 saturated heterocycles. The van der Waals surface area contributed by atoms with Crippen molar-refractivity contribution in [2.45, 2.75) is 13.5 Å². The van der Waals surface area contributed by atoms with Crippen molar-refractivity contribution in [2.75, 3.05) is 11.9 Å². The summed E-state index contributed by atoms with van der Waals surface area (Å²) in [6.07, 6.45) is 0. The van der Waals surface area contributed by atoms with Crippen molar-refractivity contribution in [1.82, 2.24) is 0 Å². The fraction of sp³-hybridized carbons (Fsp3) is 0.200. The summed E-state index contributed by atoms with van der Waals surface area (Å²) in [4.78, 5) is 0. The van der Waals surface area contributed by atoms with Crippen molar-refractivity contribution in [1.29, 1.82) is 0 Å². The largest absolute Gasteiger partial charge is 0.492 e. The van der Waals surface area contributed by atoms with Gasteiger partial charge < -0.3 is 10.1 Å². The van der Waals surface area contributed by atoms with Crippen LogP contribution in [0.2, 0.25) is 10.0 Å². The Bertz CT molecular complexity index is 650. The van der Waals surface area contributed by atoms with Gasteiger partial charge in [-0.1, -0.05) is 45.2 Å². The molecular weight excluding hydrogens is 441 g/mol. The number of nitrogens with one attached hydrogen (secondary N) is 1. The summed E-state index contributed by atoms with van der Waals surface area (Å²) in [7, 11) is 0. The Balaban J connectivity index is 2.25. The van der Waals surface area contributed by atoms with Crippen LogP contribution in [-0.2, 0) is 6.54 Å². The monoisotopic (exact) mass is 451 g/mol. The summed E-state index contributed by atoms with van der Waals surface area (Å²) in [6, 6.07) is 9.48. The highest BCUT2D eigenvalue weighted by Gasteiger charge is 2.11. The molecule has 0 unspecified atom stereocenters. The standard InChI is InChI=1S/C15H13Br2Cl2NO/c1-2-21-15-9(6-10(16)7-11(15)17)8-20-13-5-3-4-12(18)14(13)19/h3-7,20H,2,8H2,1H3. The van der Waals surface area contributed by atoms with Gasteiger partial charge in [0.15, 0.2) is 0 Å². The third kappa shape index (κ3) is 4.28. The van der Waals surface area contributed by atoms with Crippen LogP contribution in [0.15, 0.2) is 39.3 Å². The molecule has 0 saturated carbocycles. The Morgan fingerprint density at radius 3 is 2.67 bits per heavy atom. The number of halogens is 4. The lowest BCUT2D eigenvalue weighted by Gasteiger charge is -2.15. The minimum atomic E-state index is 0.520. The van der Waals surface area contributed by atoms with Gasteiger partial charge in [0.2, 0.25) is 0 Å². The first-order valence-electron chi connectivity index (χ1n) is 6.31. The van der Waals surface area contributed by atoms with Crippen molar-refractivity contribution < 1.29 is 4.74 Å². The quantitative estimate of drug-likeness (QED) is 0.555. The Hall–Kier alpha value is -0.420. The lowest BCUT2D eigenvalue weighted by molar-refractivity contribution is 0.334. The van der Waals surface area contributed by atoms with E-state index in [1.165, 1.54) is 0 Å². The Morgan fingerprint density at radius 2 is 1.95 bits per heavy atom. The average molecular weight is 454 g/mol. The minimum Gasteiger partial charge on any atom is -0.492 e. The van der Waals surface area contributed by atoms with E-state index in [0.717, 1.165) is 25.9 Å². The van der Waals surface area contributed by atoms with Crippen molar-refractivity contribution in [3.05, 3.63) is 54.9 Å². The third-order valence-corrected chi connectivity index (χ3v) is 4.66. The van der Waals surface area contributed by atoms with Gasteiger partial charge in [-0.25, -0.2) is 0 Å². The van der Waals surface area contributed by atoms with Crippen LogP contribution in [0.1, 0.15) is 12.5 Å². The van der Waals surface area contributed by atoms with Crippen LogP contribution in [0.25, 0.3) is 0 Å². The van der Waals surface area contributed by atoms with Gasteiger partial charge in [0.1, 0.15) is 5.75 Å². The first-order chi connectivity index (χ1) is 10.0. The molecular formula is C15H13Br2Cl2NO. The number of ether oxygens (including phenoxy) is 1. The van der Waals surface area contributed by atoms with Gasteiger partial charge >= 0.3 is 0 Å². The molecule has 112 valence electrons. The third-order valence-electron chi connectivity index (χ3n) is 2.79. The fourth-order valence-corrected chi connectivity index (χ4v) is 3.68. The second kappa shape index (κ2) is 7.73. The molecule has 0 amide bonds. The van der Waals surface area contributed by atoms with Gasteiger partial charge in [0.05, 0.1) is 26.8 Å². The highest BCUT2D eigenvalue weighted by Crippen LogP contribution is 2.35. The molecule has 6 heteroatoms. The molecule has 0 aromatic heterocycles. The zero-order valence-electron chi connectivity index (χ0n) is 11.2. The van der Waals surface area contributed by atoms with Crippen LogP contribution in [0, 0.1) is 0 Å². The molecule has 1 N–H and O–H groups in total. The van der Waals surface area contributed by atoms with Crippen molar-refractivity contribution in [3.8, 4) is 5.75 Å². The van der Waals surface area contributed by atoms with Crippen LogP contribution in [0.5, 0.6) is 5.75 Å². The number of rotatable bonds is 5. The molecule has 2 rings (SSSR count). The van der Waals surface area contributed by atoms with Crippen molar-refractivity contribution in [3.63, 3.8) is 0 Å². The van der Waals surface area contributed by atoms with Crippen LogP contribution < -0.4 is 10.1 Å². The van der Waals surface area contributed by atoms with Crippen LogP contribution in [-0.4, -0.2) is 6.61 Å². The van der Waals surface area contributed by atoms with Gasteiger partial charge in [0, 0.05) is 16.6 Å². The van der Waals surface area contributed by atoms with E-state index in [1.54, 1.807) is 6.07 Å². The fourth-order valence-electron chi connectivity index (χ4n) is 1.88. The van der Waals surface area contributed by atoms with E-state index < -0.39 is 0 Å². The van der Waals surface area contributed by atoms with E-state index in [9.17, 15) is 0 Å². The highest BCUT2D eigenvalue weighted by atomic mass is 79.9. The smallest absolute Gasteiger partial charge is 0.138 e. The summed E-state index contributed by atoms with van der Waals surface area (Å²) in [5.74, 6) is 0.825. The predicted molar refractivity (Wildman–Crippen MR) is 96.8 cm³/mol. The van der Waals surface area contributed by atoms with Gasteiger partial charge in [-0.15, -0.1) is 0 Å². The first kappa shape index (κ1) is 16.9. The van der Waals surface area contributed by atoms with E-state index in [2.05, 4.69) is 37.2 Å². The first-order valence-corrected chi connectivity index (χ1v) is 8.65. The zero-order valence-corrected chi connectivity index (χ0v) is 15.9. The Kier molecular flexibility index (Phi) is 6.23. The van der Waals surface area contributed by atoms with Crippen LogP contribution >= 0.6 is 55.1 Å². The normalized spacial score (nSPS) is 10.5. The van der Waals surface area contributed by atoms with Gasteiger partial charge in [-0.05, 0) is 47.1 Å². The van der Waals surface area contributed by atoms with Crippen molar-refractivity contribution in [2.24, 2.45) is 0 Å². The molecule has 2 aromatic carbocycles. The summed E-state index contributed by atoms with van der Waals surface area (Å²) < 4.78 is 7.59. The second-order valence-corrected chi connectivity index (χ2v) is 6.82. The number of anilines is 1. The van der Waals surface area contributed by atoms with E-state index in [4.69, 9.17) is 27.9 Å². The maximum atomic E-state index is 6.18. The van der Waals surface area contributed by atoms with E-state index >= 15 is 0 Å². The molecule has 0 bridgehead atoms. The summed E-state index contributed by atoms with van der Waals surface area (Å²) in [6.45, 7) is 3.14. The molecule has 0 heterocycles. The molecule has 0 aliphatic carbocycles. The molecule has 0 radical (unpaired) electrons. The van der Waals surface area contributed by atoms with Crippen LogP contribution in [0.4, 0.5) is 5.69 Å². The lowest BCUT2D eigenvalue weighted by Crippen LogP contribution is -2.04. The summed E-state index contributed by atoms with van der Waals surface area (Å²) in [5.41, 5.74) is 1.82. The van der Waals surface area contributed by atoms with E-state index in [0.29, 0.717) is 23.2 Å². The predicted octanol–water partition coefficient (Wildman–Crippen LogP) is 6.53. The molecule has 0 atom stereocenters. The van der Waals surface area contributed by atoms with Crippen LogP contribution in [0.3, 0.4) is 0 Å². The SMILES string of the molecule is CCOc1c(Br)cc(Br)cc1CNc1cccc(Cl)c1Cl. The topological polar surface area (TPSA) is 21.3 Å². The second-order valence-electron chi connectivity index (χ2n) is 4.26. The number of benzene rings is 2. The molecule has 0 aliphatic rings. The average Bonchev–Trinajstić information content (AvgIpc) is 2.44. The minimum absolute atomic E-state index is 0.520. The molecule has 2 aromatic rings. The molecule has 0 fully saturated rings.